The molecule has 6 rings (SSSR count). The maximum atomic E-state index is 14.4. The molecule has 4 heterocycles. The minimum absolute atomic E-state index is 0.00504. The summed E-state index contributed by atoms with van der Waals surface area (Å²) in [5.74, 6) is 0.638. The number of fused-ring (bicyclic) bond motifs is 2. The van der Waals surface area contributed by atoms with Gasteiger partial charge in [0.1, 0.15) is 5.75 Å². The number of hydrogen-bond donors (Lipinski definition) is 0. The average molecular weight is 499 g/mol. The Morgan fingerprint density at radius 2 is 1.71 bits per heavy atom. The molecular formula is C32H26N4O2. The molecule has 6 heteroatoms. The Morgan fingerprint density at radius 3 is 2.55 bits per heavy atom. The first-order valence-electron chi connectivity index (χ1n) is 12.6. The molecule has 0 aliphatic rings. The van der Waals surface area contributed by atoms with Crippen LogP contribution in [-0.4, -0.2) is 26.6 Å². The van der Waals surface area contributed by atoms with E-state index in [-0.39, 0.29) is 11.5 Å². The van der Waals surface area contributed by atoms with Crippen molar-refractivity contribution in [3.63, 3.8) is 0 Å². The fourth-order valence-electron chi connectivity index (χ4n) is 5.11. The summed E-state index contributed by atoms with van der Waals surface area (Å²) in [6.45, 7) is 2.14. The van der Waals surface area contributed by atoms with E-state index in [1.165, 1.54) is 0 Å². The van der Waals surface area contributed by atoms with E-state index in [1.807, 2.05) is 83.6 Å². The Bertz CT molecular complexity index is 1820. The van der Waals surface area contributed by atoms with E-state index < -0.39 is 0 Å². The third kappa shape index (κ3) is 4.20. The highest BCUT2D eigenvalue weighted by Crippen LogP contribution is 2.32. The summed E-state index contributed by atoms with van der Waals surface area (Å²) in [6, 6.07) is 25.7. The lowest BCUT2D eigenvalue weighted by Crippen LogP contribution is -2.24. The molecule has 0 spiro atoms. The summed E-state index contributed by atoms with van der Waals surface area (Å²) in [6.07, 6.45) is 7.69. The first-order chi connectivity index (χ1) is 18.6. The van der Waals surface area contributed by atoms with E-state index in [2.05, 4.69) is 27.9 Å². The number of para-hydroxylation sites is 1. The van der Waals surface area contributed by atoms with Crippen molar-refractivity contribution >= 4 is 21.7 Å². The molecule has 186 valence electrons. The Balaban J connectivity index is 1.56. The van der Waals surface area contributed by atoms with Crippen LogP contribution in [0.3, 0.4) is 0 Å². The second kappa shape index (κ2) is 9.90. The molecule has 38 heavy (non-hydrogen) atoms. The van der Waals surface area contributed by atoms with Crippen molar-refractivity contribution in [2.45, 2.75) is 19.3 Å². The van der Waals surface area contributed by atoms with Crippen molar-refractivity contribution in [1.82, 2.24) is 19.5 Å². The zero-order valence-corrected chi connectivity index (χ0v) is 21.2. The number of hydrogen-bond acceptors (Lipinski definition) is 5. The van der Waals surface area contributed by atoms with Crippen LogP contribution in [0.15, 0.2) is 108 Å². The van der Waals surface area contributed by atoms with Gasteiger partial charge in [0.25, 0.3) is 5.56 Å². The van der Waals surface area contributed by atoms with Crippen LogP contribution in [0.25, 0.3) is 38.5 Å². The highest BCUT2D eigenvalue weighted by atomic mass is 16.5. The summed E-state index contributed by atoms with van der Waals surface area (Å²) >= 11 is 0. The normalized spacial score (nSPS) is 12.1. The summed E-state index contributed by atoms with van der Waals surface area (Å²) in [5, 5.41) is 2.58. The SMILES string of the molecule is COc1cncc(-c2cccc3cc([C@H](C)Cc4nccc5cccnc45)n(-c4ccccc4)c(=O)c23)c1. The fourth-order valence-corrected chi connectivity index (χ4v) is 5.11. The lowest BCUT2D eigenvalue weighted by Gasteiger charge is -2.21. The molecule has 0 aliphatic heterocycles. The van der Waals surface area contributed by atoms with Gasteiger partial charge in [-0.3, -0.25) is 24.3 Å². The highest BCUT2D eigenvalue weighted by molar-refractivity contribution is 5.96. The summed E-state index contributed by atoms with van der Waals surface area (Å²) in [5.41, 5.74) is 5.13. The molecule has 6 nitrogen and oxygen atoms in total. The van der Waals surface area contributed by atoms with E-state index in [0.717, 1.165) is 44.5 Å². The third-order valence-electron chi connectivity index (χ3n) is 6.95. The average Bonchev–Trinajstić information content (AvgIpc) is 2.97. The molecule has 0 bridgehead atoms. The highest BCUT2D eigenvalue weighted by Gasteiger charge is 2.20. The molecule has 4 aromatic heterocycles. The molecule has 0 fully saturated rings. The molecule has 1 atom stereocenters. The van der Waals surface area contributed by atoms with E-state index in [1.54, 1.807) is 25.7 Å². The number of nitrogens with zero attached hydrogens (tertiary/aromatic N) is 4. The van der Waals surface area contributed by atoms with Crippen LogP contribution >= 0.6 is 0 Å². The fraction of sp³-hybridized carbons (Fsp3) is 0.125. The number of benzene rings is 2. The second-order valence-corrected chi connectivity index (χ2v) is 9.37. The molecule has 0 aliphatic carbocycles. The van der Waals surface area contributed by atoms with Crippen LogP contribution in [0.5, 0.6) is 5.75 Å². The standard InChI is InChI=1S/C32H26N4O2/c1-21(16-28-31-22(13-15-34-28)9-7-14-35-31)29-18-23-8-6-12-27(24-17-26(38-2)20-33-19-24)30(23)32(37)36(29)25-10-4-3-5-11-25/h3-15,17-21H,16H2,1-2H3/t21-/m1/s1. The van der Waals surface area contributed by atoms with Gasteiger partial charge < -0.3 is 4.74 Å². The monoisotopic (exact) mass is 498 g/mol. The van der Waals surface area contributed by atoms with E-state index in [0.29, 0.717) is 17.6 Å². The van der Waals surface area contributed by atoms with Crippen molar-refractivity contribution in [2.24, 2.45) is 0 Å². The topological polar surface area (TPSA) is 69.9 Å². The Hall–Kier alpha value is -4.84. The van der Waals surface area contributed by atoms with Crippen molar-refractivity contribution < 1.29 is 4.74 Å². The minimum atomic E-state index is -0.0713. The quantitative estimate of drug-likeness (QED) is 0.268. The maximum Gasteiger partial charge on any atom is 0.263 e. The van der Waals surface area contributed by atoms with Crippen molar-refractivity contribution in [2.75, 3.05) is 7.11 Å². The van der Waals surface area contributed by atoms with E-state index in [4.69, 9.17) is 4.74 Å². The second-order valence-electron chi connectivity index (χ2n) is 9.37. The van der Waals surface area contributed by atoms with Gasteiger partial charge in [0.05, 0.1) is 29.9 Å². The van der Waals surface area contributed by atoms with Crippen molar-refractivity contribution in [3.8, 4) is 22.6 Å². The van der Waals surface area contributed by atoms with Gasteiger partial charge in [-0.2, -0.15) is 0 Å². The molecule has 0 saturated heterocycles. The Kier molecular flexibility index (Phi) is 6.14. The number of methoxy groups -OCH3 is 1. The third-order valence-corrected chi connectivity index (χ3v) is 6.95. The lowest BCUT2D eigenvalue weighted by molar-refractivity contribution is 0.413. The van der Waals surface area contributed by atoms with E-state index in [9.17, 15) is 4.79 Å². The van der Waals surface area contributed by atoms with Crippen molar-refractivity contribution in [1.29, 1.82) is 0 Å². The summed E-state index contributed by atoms with van der Waals surface area (Å²) in [4.78, 5) is 27.9. The Labute approximate surface area is 220 Å². The van der Waals surface area contributed by atoms with Gasteiger partial charge in [-0.1, -0.05) is 49.4 Å². The zero-order valence-electron chi connectivity index (χ0n) is 21.2. The minimum Gasteiger partial charge on any atom is -0.495 e. The largest absolute Gasteiger partial charge is 0.495 e. The molecule has 0 radical (unpaired) electrons. The molecule has 0 N–H and O–H groups in total. The van der Waals surface area contributed by atoms with Crippen LogP contribution in [0.2, 0.25) is 0 Å². The van der Waals surface area contributed by atoms with E-state index >= 15 is 0 Å². The zero-order chi connectivity index (χ0) is 26.1. The Morgan fingerprint density at radius 1 is 0.868 bits per heavy atom. The molecule has 0 unspecified atom stereocenters. The molecule has 2 aromatic carbocycles. The lowest BCUT2D eigenvalue weighted by atomic mass is 9.94. The molecule has 6 aromatic rings. The van der Waals surface area contributed by atoms with Gasteiger partial charge >= 0.3 is 0 Å². The first-order valence-corrected chi connectivity index (χ1v) is 12.6. The van der Waals surface area contributed by atoms with Gasteiger partial charge in [-0.05, 0) is 53.8 Å². The van der Waals surface area contributed by atoms with Gasteiger partial charge in [0.2, 0.25) is 0 Å². The number of ether oxygens (including phenoxy) is 1. The van der Waals surface area contributed by atoms with Crippen LogP contribution in [-0.2, 0) is 6.42 Å². The number of aromatic nitrogens is 4. The van der Waals surface area contributed by atoms with Crippen LogP contribution < -0.4 is 10.3 Å². The maximum absolute atomic E-state index is 14.4. The molecule has 0 saturated carbocycles. The van der Waals surface area contributed by atoms with Gasteiger partial charge in [0, 0.05) is 46.8 Å². The van der Waals surface area contributed by atoms with Gasteiger partial charge in [0.15, 0.2) is 0 Å². The predicted octanol–water partition coefficient (Wildman–Crippen LogP) is 6.35. The smallest absolute Gasteiger partial charge is 0.263 e. The van der Waals surface area contributed by atoms with Crippen molar-refractivity contribution in [3.05, 3.63) is 125 Å². The van der Waals surface area contributed by atoms with Gasteiger partial charge in [-0.25, -0.2) is 0 Å². The number of pyridine rings is 4. The van der Waals surface area contributed by atoms with Crippen LogP contribution in [0.1, 0.15) is 24.2 Å². The first kappa shape index (κ1) is 23.6. The van der Waals surface area contributed by atoms with Gasteiger partial charge in [-0.15, -0.1) is 0 Å². The number of rotatable bonds is 6. The molecular weight excluding hydrogens is 472 g/mol. The van der Waals surface area contributed by atoms with Crippen LogP contribution in [0, 0.1) is 0 Å². The predicted molar refractivity (Wildman–Crippen MR) is 151 cm³/mol. The summed E-state index contributed by atoms with van der Waals surface area (Å²) < 4.78 is 7.23. The summed E-state index contributed by atoms with van der Waals surface area (Å²) in [7, 11) is 1.61. The molecule has 0 amide bonds. The van der Waals surface area contributed by atoms with Crippen LogP contribution in [0.4, 0.5) is 0 Å².